The van der Waals surface area contributed by atoms with E-state index < -0.39 is 0 Å². The number of imidazole rings is 1. The van der Waals surface area contributed by atoms with E-state index in [1.165, 1.54) is 29.5 Å². The van der Waals surface area contributed by atoms with Crippen molar-refractivity contribution in [3.8, 4) is 22.6 Å². The number of rotatable bonds is 3. The molecule has 1 aliphatic carbocycles. The van der Waals surface area contributed by atoms with E-state index in [1.807, 2.05) is 10.9 Å². The molecule has 3 aromatic heterocycles. The van der Waals surface area contributed by atoms with Crippen molar-refractivity contribution in [3.05, 3.63) is 53.3 Å². The van der Waals surface area contributed by atoms with Crippen LogP contribution in [0, 0.1) is 6.92 Å². The second kappa shape index (κ2) is 8.20. The number of hydrogen-bond acceptors (Lipinski definition) is 4. The second-order valence-corrected chi connectivity index (χ2v) is 7.90. The Balaban J connectivity index is 0.00000218. The van der Waals surface area contributed by atoms with Gasteiger partial charge in [-0.2, -0.15) is 5.10 Å². The number of nitrogens with two attached hydrogens (primary N) is 1. The van der Waals surface area contributed by atoms with Crippen molar-refractivity contribution in [1.82, 2.24) is 24.7 Å². The fourth-order valence-electron chi connectivity index (χ4n) is 4.41. The fraction of sp³-hybridized carbons (Fsp3) is 0.348. The van der Waals surface area contributed by atoms with E-state index in [0.29, 0.717) is 5.65 Å². The van der Waals surface area contributed by atoms with E-state index in [0.717, 1.165) is 47.7 Å². The number of nitrogens with one attached hydrogen (secondary N) is 1. The molecule has 1 atom stereocenters. The summed E-state index contributed by atoms with van der Waals surface area (Å²) < 4.78 is 1.98. The Morgan fingerprint density at radius 3 is 2.87 bits per heavy atom. The third-order valence-electron chi connectivity index (χ3n) is 5.98. The maximum Gasteiger partial charge on any atom is 0.178 e. The topological polar surface area (TPSA) is 85.4 Å². The first-order chi connectivity index (χ1) is 14.1. The number of aromatic amines is 1. The van der Waals surface area contributed by atoms with Gasteiger partial charge < -0.3 is 10.7 Å². The van der Waals surface area contributed by atoms with Crippen LogP contribution in [0.4, 0.5) is 0 Å². The van der Waals surface area contributed by atoms with Crippen LogP contribution in [0.3, 0.4) is 0 Å². The molecule has 156 valence electrons. The molecule has 30 heavy (non-hydrogen) atoms. The summed E-state index contributed by atoms with van der Waals surface area (Å²) in [5, 5.41) is 4.65. The van der Waals surface area contributed by atoms with Gasteiger partial charge in [-0.05, 0) is 61.9 Å². The number of nitrogens with zero attached hydrogens (tertiary/aromatic N) is 4. The Labute approximate surface area is 182 Å². The van der Waals surface area contributed by atoms with Crippen LogP contribution in [0.25, 0.3) is 33.8 Å². The summed E-state index contributed by atoms with van der Waals surface area (Å²) in [5.74, 6) is 0.757. The fourth-order valence-corrected chi connectivity index (χ4v) is 4.41. The molecule has 6 nitrogen and oxygen atoms in total. The highest BCUT2D eigenvalue weighted by molar-refractivity contribution is 5.91. The van der Waals surface area contributed by atoms with Crippen LogP contribution >= 0.6 is 12.4 Å². The highest BCUT2D eigenvalue weighted by Gasteiger charge is 2.18. The van der Waals surface area contributed by atoms with Crippen molar-refractivity contribution in [2.45, 2.75) is 52.1 Å². The van der Waals surface area contributed by atoms with Crippen LogP contribution in [0.5, 0.6) is 0 Å². The molecule has 1 unspecified atom stereocenters. The minimum Gasteiger partial charge on any atom is -0.335 e. The van der Waals surface area contributed by atoms with Gasteiger partial charge in [0, 0.05) is 30.0 Å². The van der Waals surface area contributed by atoms with Crippen LogP contribution < -0.4 is 5.73 Å². The molecule has 0 saturated carbocycles. The quantitative estimate of drug-likeness (QED) is 0.456. The summed E-state index contributed by atoms with van der Waals surface area (Å²) in [6, 6.07) is 10.9. The summed E-state index contributed by atoms with van der Waals surface area (Å²) in [6.45, 7) is 4.99. The molecule has 7 heteroatoms. The van der Waals surface area contributed by atoms with Gasteiger partial charge in [0.1, 0.15) is 5.69 Å². The summed E-state index contributed by atoms with van der Waals surface area (Å²) in [6.07, 6.45) is 6.38. The van der Waals surface area contributed by atoms with Gasteiger partial charge >= 0.3 is 0 Å². The largest absolute Gasteiger partial charge is 0.335 e. The average Bonchev–Trinajstić information content (AvgIpc) is 3.28. The monoisotopic (exact) mass is 422 g/mol. The number of pyridine rings is 1. The number of H-pyrrole nitrogens is 1. The van der Waals surface area contributed by atoms with E-state index >= 15 is 0 Å². The standard InChI is InChI=1S/C23H26N6.ClH/c1-3-29-14(2)12-20(28-29)22-26-21-18(10-11-25-23(21)27-22)16-8-9-17-15(13-16)6-4-5-7-19(17)24;/h8-13,19H,3-7,24H2,1-2H3,(H,25,26,27);1H. The lowest BCUT2D eigenvalue weighted by molar-refractivity contribution is 0.615. The minimum atomic E-state index is 0. The molecule has 0 aliphatic heterocycles. The van der Waals surface area contributed by atoms with Gasteiger partial charge in [0.05, 0.1) is 5.52 Å². The van der Waals surface area contributed by atoms with Crippen LogP contribution in [-0.2, 0) is 13.0 Å². The molecule has 3 N–H and O–H groups in total. The molecular weight excluding hydrogens is 396 g/mol. The van der Waals surface area contributed by atoms with Gasteiger partial charge in [-0.3, -0.25) is 4.68 Å². The summed E-state index contributed by atoms with van der Waals surface area (Å²) >= 11 is 0. The highest BCUT2D eigenvalue weighted by Crippen LogP contribution is 2.33. The van der Waals surface area contributed by atoms with Crippen molar-refractivity contribution in [3.63, 3.8) is 0 Å². The van der Waals surface area contributed by atoms with E-state index in [4.69, 9.17) is 10.7 Å². The van der Waals surface area contributed by atoms with Crippen molar-refractivity contribution < 1.29 is 0 Å². The Bertz CT molecular complexity index is 1190. The zero-order valence-electron chi connectivity index (χ0n) is 17.4. The van der Waals surface area contributed by atoms with Crippen molar-refractivity contribution in [2.75, 3.05) is 0 Å². The maximum atomic E-state index is 6.38. The smallest absolute Gasteiger partial charge is 0.178 e. The third kappa shape index (κ3) is 3.50. The first kappa shape index (κ1) is 20.6. The average molecular weight is 423 g/mol. The zero-order valence-corrected chi connectivity index (χ0v) is 18.2. The lowest BCUT2D eigenvalue weighted by Crippen LogP contribution is -2.10. The Hall–Kier alpha value is -2.70. The SMILES string of the molecule is CCn1nc(-c2nc3nccc(-c4ccc5c(c4)CCCCC5N)c3[nH]2)cc1C.Cl. The molecule has 5 rings (SSSR count). The van der Waals surface area contributed by atoms with E-state index in [2.05, 4.69) is 59.2 Å². The van der Waals surface area contributed by atoms with Crippen molar-refractivity contribution in [1.29, 1.82) is 0 Å². The first-order valence-corrected chi connectivity index (χ1v) is 10.4. The molecule has 0 amide bonds. The number of aryl methyl sites for hydroxylation is 3. The minimum absolute atomic E-state index is 0. The highest BCUT2D eigenvalue weighted by atomic mass is 35.5. The van der Waals surface area contributed by atoms with Crippen LogP contribution in [0.2, 0.25) is 0 Å². The molecule has 0 bridgehead atoms. The number of benzene rings is 1. The molecule has 0 radical (unpaired) electrons. The zero-order chi connectivity index (χ0) is 20.0. The van der Waals surface area contributed by atoms with Gasteiger partial charge in [0.25, 0.3) is 0 Å². The predicted octanol–water partition coefficient (Wildman–Crippen LogP) is 4.96. The third-order valence-corrected chi connectivity index (χ3v) is 5.98. The number of hydrogen-bond donors (Lipinski definition) is 2. The van der Waals surface area contributed by atoms with Crippen molar-refractivity contribution >= 4 is 23.6 Å². The van der Waals surface area contributed by atoms with Gasteiger partial charge in [-0.25, -0.2) is 9.97 Å². The maximum absolute atomic E-state index is 6.38. The van der Waals surface area contributed by atoms with Gasteiger partial charge in [-0.15, -0.1) is 12.4 Å². The second-order valence-electron chi connectivity index (χ2n) is 7.90. The van der Waals surface area contributed by atoms with E-state index in [-0.39, 0.29) is 18.4 Å². The molecular formula is C23H27ClN6. The summed E-state index contributed by atoms with van der Waals surface area (Å²) in [4.78, 5) is 12.7. The number of halogens is 1. The molecule has 0 spiro atoms. The lowest BCUT2D eigenvalue weighted by atomic mass is 9.94. The van der Waals surface area contributed by atoms with Gasteiger partial charge in [0.15, 0.2) is 11.5 Å². The van der Waals surface area contributed by atoms with Crippen molar-refractivity contribution in [2.24, 2.45) is 5.73 Å². The van der Waals surface area contributed by atoms with Crippen LogP contribution in [0.1, 0.15) is 49.0 Å². The summed E-state index contributed by atoms with van der Waals surface area (Å²) in [7, 11) is 0. The molecule has 0 fully saturated rings. The Kier molecular flexibility index (Phi) is 5.62. The van der Waals surface area contributed by atoms with Crippen LogP contribution in [0.15, 0.2) is 36.5 Å². The molecule has 4 aromatic rings. The van der Waals surface area contributed by atoms with Gasteiger partial charge in [-0.1, -0.05) is 24.6 Å². The normalized spacial score (nSPS) is 16.2. The molecule has 1 aliphatic rings. The van der Waals surface area contributed by atoms with E-state index in [1.54, 1.807) is 0 Å². The Morgan fingerprint density at radius 2 is 2.07 bits per heavy atom. The Morgan fingerprint density at radius 1 is 1.20 bits per heavy atom. The predicted molar refractivity (Wildman–Crippen MR) is 123 cm³/mol. The lowest BCUT2D eigenvalue weighted by Gasteiger charge is -2.14. The molecule has 0 saturated heterocycles. The van der Waals surface area contributed by atoms with Gasteiger partial charge in [0.2, 0.25) is 0 Å². The number of fused-ring (bicyclic) bond motifs is 2. The molecule has 3 heterocycles. The number of aromatic nitrogens is 5. The first-order valence-electron chi connectivity index (χ1n) is 10.4. The van der Waals surface area contributed by atoms with E-state index in [9.17, 15) is 0 Å². The molecule has 1 aromatic carbocycles. The summed E-state index contributed by atoms with van der Waals surface area (Å²) in [5.41, 5.74) is 15.0. The van der Waals surface area contributed by atoms with Crippen LogP contribution in [-0.4, -0.2) is 24.7 Å².